The molecule has 0 aliphatic heterocycles. The van der Waals surface area contributed by atoms with Gasteiger partial charge >= 0.3 is 0 Å². The molecule has 0 atom stereocenters. The van der Waals surface area contributed by atoms with Crippen molar-refractivity contribution in [1.29, 1.82) is 0 Å². The summed E-state index contributed by atoms with van der Waals surface area (Å²) in [5.41, 5.74) is 1.45. The van der Waals surface area contributed by atoms with Gasteiger partial charge in [-0.25, -0.2) is 13.2 Å². The molecule has 0 spiro atoms. The van der Waals surface area contributed by atoms with E-state index < -0.39 is 17.5 Å². The summed E-state index contributed by atoms with van der Waals surface area (Å²) in [4.78, 5) is 0. The quantitative estimate of drug-likeness (QED) is 0.401. The average Bonchev–Trinajstić information content (AvgIpc) is 2.67. The van der Waals surface area contributed by atoms with E-state index in [-0.39, 0.29) is 11.1 Å². The number of unbranched alkanes of at least 4 members (excludes halogenated alkanes) is 2. The summed E-state index contributed by atoms with van der Waals surface area (Å²) < 4.78 is 41.3. The molecule has 0 unspecified atom stereocenters. The molecule has 152 valence electrons. The second kappa shape index (κ2) is 10.1. The van der Waals surface area contributed by atoms with E-state index in [0.29, 0.717) is 0 Å². The molecule has 2 aromatic carbocycles. The second-order valence-corrected chi connectivity index (χ2v) is 8.39. The van der Waals surface area contributed by atoms with Crippen LogP contribution in [0.25, 0.3) is 11.1 Å². The molecule has 1 fully saturated rings. The minimum absolute atomic E-state index is 0.239. The van der Waals surface area contributed by atoms with Crippen LogP contribution in [0.4, 0.5) is 13.2 Å². The monoisotopic (exact) mass is 388 g/mol. The molecule has 1 saturated carbocycles. The zero-order valence-electron chi connectivity index (χ0n) is 16.8. The summed E-state index contributed by atoms with van der Waals surface area (Å²) in [6.45, 7) is 2.25. The molecule has 0 amide bonds. The van der Waals surface area contributed by atoms with Gasteiger partial charge in [0.2, 0.25) is 0 Å². The van der Waals surface area contributed by atoms with Crippen LogP contribution >= 0.6 is 0 Å². The number of rotatable bonds is 8. The Morgan fingerprint density at radius 1 is 0.786 bits per heavy atom. The van der Waals surface area contributed by atoms with Crippen LogP contribution in [0.15, 0.2) is 36.4 Å². The summed E-state index contributed by atoms with van der Waals surface area (Å²) in [6.07, 6.45) is 12.6. The minimum atomic E-state index is -0.691. The SMILES string of the molecule is CCCCCC1CCC(CCc2ccc(-c3cc(F)cc(F)c3)c(F)c2)CC1. The van der Waals surface area contributed by atoms with E-state index in [1.165, 1.54) is 69.6 Å². The lowest BCUT2D eigenvalue weighted by Crippen LogP contribution is -2.15. The summed E-state index contributed by atoms with van der Waals surface area (Å²) >= 11 is 0. The van der Waals surface area contributed by atoms with Crippen molar-refractivity contribution in [2.45, 2.75) is 71.1 Å². The van der Waals surface area contributed by atoms with Crippen LogP contribution in [0, 0.1) is 29.3 Å². The van der Waals surface area contributed by atoms with E-state index >= 15 is 0 Å². The van der Waals surface area contributed by atoms with Gasteiger partial charge in [-0.3, -0.25) is 0 Å². The third-order valence-electron chi connectivity index (χ3n) is 6.23. The van der Waals surface area contributed by atoms with E-state index in [1.807, 2.05) is 6.07 Å². The smallest absolute Gasteiger partial charge is 0.131 e. The molecule has 1 aliphatic carbocycles. The van der Waals surface area contributed by atoms with Gasteiger partial charge in [-0.15, -0.1) is 0 Å². The Morgan fingerprint density at radius 3 is 2.04 bits per heavy atom. The van der Waals surface area contributed by atoms with Gasteiger partial charge in [0.05, 0.1) is 0 Å². The lowest BCUT2D eigenvalue weighted by molar-refractivity contribution is 0.249. The molecule has 0 saturated heterocycles. The molecule has 0 nitrogen and oxygen atoms in total. The van der Waals surface area contributed by atoms with Crippen molar-refractivity contribution in [2.75, 3.05) is 0 Å². The molecule has 3 rings (SSSR count). The van der Waals surface area contributed by atoms with Gasteiger partial charge < -0.3 is 0 Å². The first-order chi connectivity index (χ1) is 13.5. The van der Waals surface area contributed by atoms with Gasteiger partial charge in [0, 0.05) is 11.6 Å². The maximum atomic E-state index is 14.5. The van der Waals surface area contributed by atoms with Gasteiger partial charge in [-0.05, 0) is 54.0 Å². The summed E-state index contributed by atoms with van der Waals surface area (Å²) in [7, 11) is 0. The molecule has 0 radical (unpaired) electrons. The van der Waals surface area contributed by atoms with Crippen LogP contribution in [0.3, 0.4) is 0 Å². The Bertz CT molecular complexity index is 740. The lowest BCUT2D eigenvalue weighted by Gasteiger charge is -2.28. The number of halogens is 3. The minimum Gasteiger partial charge on any atom is -0.207 e. The Hall–Kier alpha value is -1.77. The van der Waals surface area contributed by atoms with Crippen LogP contribution in [0.2, 0.25) is 0 Å². The highest BCUT2D eigenvalue weighted by molar-refractivity contribution is 5.64. The van der Waals surface area contributed by atoms with E-state index in [4.69, 9.17) is 0 Å². The summed E-state index contributed by atoms with van der Waals surface area (Å²) in [5.74, 6) is -0.150. The molecular formula is C25H31F3. The fourth-order valence-corrected chi connectivity index (χ4v) is 4.52. The highest BCUT2D eigenvalue weighted by Gasteiger charge is 2.20. The second-order valence-electron chi connectivity index (χ2n) is 8.39. The first-order valence-electron chi connectivity index (χ1n) is 10.8. The third-order valence-corrected chi connectivity index (χ3v) is 6.23. The van der Waals surface area contributed by atoms with Crippen LogP contribution < -0.4 is 0 Å². The predicted molar refractivity (Wildman–Crippen MR) is 110 cm³/mol. The topological polar surface area (TPSA) is 0 Å². The molecule has 0 heterocycles. The predicted octanol–water partition coefficient (Wildman–Crippen LogP) is 8.09. The number of aryl methyl sites for hydroxylation is 1. The standard InChI is InChI=1S/C25H31F3/c1-2-3-4-5-18-6-8-19(9-7-18)10-11-20-12-13-24(25(28)14-20)21-15-22(26)17-23(27)16-21/h12-19H,2-11H2,1H3. The zero-order chi connectivity index (χ0) is 19.9. The molecule has 2 aromatic rings. The molecular weight excluding hydrogens is 357 g/mol. The fraction of sp³-hybridized carbons (Fsp3) is 0.520. The number of benzene rings is 2. The zero-order valence-corrected chi connectivity index (χ0v) is 16.8. The van der Waals surface area contributed by atoms with E-state index in [0.717, 1.165) is 36.3 Å². The average molecular weight is 389 g/mol. The Labute approximate surface area is 167 Å². The third kappa shape index (κ3) is 5.86. The molecule has 0 N–H and O–H groups in total. The van der Waals surface area contributed by atoms with Crippen molar-refractivity contribution in [3.63, 3.8) is 0 Å². The van der Waals surface area contributed by atoms with Crippen molar-refractivity contribution in [3.8, 4) is 11.1 Å². The maximum Gasteiger partial charge on any atom is 0.131 e. The normalized spacial score (nSPS) is 19.7. The highest BCUT2D eigenvalue weighted by Crippen LogP contribution is 2.34. The fourth-order valence-electron chi connectivity index (χ4n) is 4.52. The van der Waals surface area contributed by atoms with Gasteiger partial charge in [0.1, 0.15) is 17.5 Å². The van der Waals surface area contributed by atoms with Crippen molar-refractivity contribution in [2.24, 2.45) is 11.8 Å². The number of hydrogen-bond donors (Lipinski definition) is 0. The van der Waals surface area contributed by atoms with Crippen LogP contribution in [0.5, 0.6) is 0 Å². The molecule has 0 bridgehead atoms. The summed E-state index contributed by atoms with van der Waals surface area (Å²) in [5, 5.41) is 0. The van der Waals surface area contributed by atoms with Gasteiger partial charge in [0.25, 0.3) is 0 Å². The Kier molecular flexibility index (Phi) is 7.58. The van der Waals surface area contributed by atoms with Crippen molar-refractivity contribution in [3.05, 3.63) is 59.4 Å². The molecule has 28 heavy (non-hydrogen) atoms. The highest BCUT2D eigenvalue weighted by atomic mass is 19.1. The maximum absolute atomic E-state index is 14.5. The van der Waals surface area contributed by atoms with Gasteiger partial charge in [0.15, 0.2) is 0 Å². The van der Waals surface area contributed by atoms with E-state index in [1.54, 1.807) is 6.07 Å². The van der Waals surface area contributed by atoms with Crippen LogP contribution in [0.1, 0.15) is 70.3 Å². The van der Waals surface area contributed by atoms with Crippen molar-refractivity contribution in [1.82, 2.24) is 0 Å². The van der Waals surface area contributed by atoms with Gasteiger partial charge in [-0.1, -0.05) is 70.4 Å². The lowest BCUT2D eigenvalue weighted by atomic mass is 9.78. The summed E-state index contributed by atoms with van der Waals surface area (Å²) in [6, 6.07) is 8.18. The van der Waals surface area contributed by atoms with Crippen LogP contribution in [-0.2, 0) is 6.42 Å². The van der Waals surface area contributed by atoms with Gasteiger partial charge in [-0.2, -0.15) is 0 Å². The van der Waals surface area contributed by atoms with E-state index in [2.05, 4.69) is 6.92 Å². The molecule has 1 aliphatic rings. The van der Waals surface area contributed by atoms with Crippen molar-refractivity contribution < 1.29 is 13.2 Å². The Morgan fingerprint density at radius 2 is 1.43 bits per heavy atom. The van der Waals surface area contributed by atoms with Crippen molar-refractivity contribution >= 4 is 0 Å². The Balaban J connectivity index is 1.51. The first-order valence-corrected chi connectivity index (χ1v) is 10.8. The van der Waals surface area contributed by atoms with E-state index in [9.17, 15) is 13.2 Å². The first kappa shape index (κ1) is 21.0. The largest absolute Gasteiger partial charge is 0.207 e. The van der Waals surface area contributed by atoms with Crippen LogP contribution in [-0.4, -0.2) is 0 Å². The molecule has 0 aromatic heterocycles. The number of hydrogen-bond acceptors (Lipinski definition) is 0. The molecule has 3 heteroatoms.